The number of nitrogens with zero attached hydrogens (tertiary/aromatic N) is 1. The van der Waals surface area contributed by atoms with Crippen molar-refractivity contribution >= 4 is 30.1 Å². The van der Waals surface area contributed by atoms with Crippen molar-refractivity contribution in [2.24, 2.45) is 11.8 Å². The van der Waals surface area contributed by atoms with E-state index in [2.05, 4.69) is 10.6 Å². The second-order valence-corrected chi connectivity index (χ2v) is 7.02. The maximum atomic E-state index is 12.5. The topological polar surface area (TPSA) is 87.7 Å². The summed E-state index contributed by atoms with van der Waals surface area (Å²) in [6.45, 7) is 1.81. The lowest BCUT2D eigenvalue weighted by Crippen LogP contribution is -2.40. The molecular weight excluding hydrogens is 334 g/mol. The van der Waals surface area contributed by atoms with Crippen molar-refractivity contribution in [2.75, 3.05) is 19.6 Å². The van der Waals surface area contributed by atoms with Gasteiger partial charge >= 0.3 is 0 Å². The fourth-order valence-electron chi connectivity index (χ4n) is 4.46. The van der Waals surface area contributed by atoms with Gasteiger partial charge in [0.15, 0.2) is 0 Å². The molecule has 0 aromatic rings. The highest BCUT2D eigenvalue weighted by atomic mass is 35.5. The number of rotatable bonds is 5. The van der Waals surface area contributed by atoms with E-state index in [9.17, 15) is 14.4 Å². The minimum absolute atomic E-state index is 0. The van der Waals surface area contributed by atoms with Gasteiger partial charge in [-0.25, -0.2) is 0 Å². The lowest BCUT2D eigenvalue weighted by molar-refractivity contribution is -0.142. The molecule has 8 heteroatoms. The molecule has 0 aliphatic carbocycles. The number of carbonyl (C=O) groups excluding carboxylic acids is 3. The summed E-state index contributed by atoms with van der Waals surface area (Å²) in [5, 5.41) is 6.20. The van der Waals surface area contributed by atoms with Crippen LogP contribution in [0.1, 0.15) is 32.1 Å². The van der Waals surface area contributed by atoms with Crippen LogP contribution in [-0.2, 0) is 19.1 Å². The zero-order valence-electron chi connectivity index (χ0n) is 13.5. The van der Waals surface area contributed by atoms with Gasteiger partial charge in [0.05, 0.1) is 24.0 Å². The quantitative estimate of drug-likeness (QED) is 0.667. The molecule has 0 saturated carbocycles. The number of likely N-dealkylation sites (tertiary alicyclic amines) is 1. The Balaban J connectivity index is 0.00000169. The fraction of sp³-hybridized carbons (Fsp3) is 0.812. The van der Waals surface area contributed by atoms with E-state index in [4.69, 9.17) is 4.74 Å². The van der Waals surface area contributed by atoms with Gasteiger partial charge in [0.1, 0.15) is 0 Å². The number of hydrogen-bond acceptors (Lipinski definition) is 5. The monoisotopic (exact) mass is 357 g/mol. The van der Waals surface area contributed by atoms with Crippen molar-refractivity contribution in [3.05, 3.63) is 0 Å². The van der Waals surface area contributed by atoms with Gasteiger partial charge in [-0.15, -0.1) is 12.4 Å². The lowest BCUT2D eigenvalue weighted by atomic mass is 9.81. The second kappa shape index (κ2) is 6.98. The third-order valence-corrected chi connectivity index (χ3v) is 5.65. The molecule has 4 aliphatic rings. The van der Waals surface area contributed by atoms with E-state index in [-0.39, 0.29) is 67.1 Å². The van der Waals surface area contributed by atoms with Crippen molar-refractivity contribution in [3.8, 4) is 0 Å². The van der Waals surface area contributed by atoms with Crippen LogP contribution in [-0.4, -0.2) is 60.5 Å². The van der Waals surface area contributed by atoms with Crippen LogP contribution in [0.25, 0.3) is 0 Å². The van der Waals surface area contributed by atoms with Gasteiger partial charge in [-0.1, -0.05) is 0 Å². The Hall–Kier alpha value is -1.18. The molecule has 7 nitrogen and oxygen atoms in total. The molecule has 0 spiro atoms. The number of fused-ring (bicyclic) bond motifs is 5. The molecule has 0 aromatic heterocycles. The molecule has 4 rings (SSSR count). The predicted octanol–water partition coefficient (Wildman–Crippen LogP) is -0.171. The van der Waals surface area contributed by atoms with Crippen LogP contribution in [0.5, 0.6) is 0 Å². The number of ether oxygens (including phenoxy) is 1. The number of carbonyl (C=O) groups is 3. The van der Waals surface area contributed by atoms with E-state index in [1.807, 2.05) is 0 Å². The van der Waals surface area contributed by atoms with Crippen LogP contribution in [0, 0.1) is 11.8 Å². The highest BCUT2D eigenvalue weighted by molar-refractivity contribution is 6.06. The molecule has 24 heavy (non-hydrogen) atoms. The minimum atomic E-state index is -0.299. The van der Waals surface area contributed by atoms with Crippen molar-refractivity contribution in [3.63, 3.8) is 0 Å². The molecule has 134 valence electrons. The summed E-state index contributed by atoms with van der Waals surface area (Å²) in [6, 6.07) is 0.348. The predicted molar refractivity (Wildman–Crippen MR) is 87.5 cm³/mol. The summed E-state index contributed by atoms with van der Waals surface area (Å²) in [5.74, 6) is -0.982. The van der Waals surface area contributed by atoms with Gasteiger partial charge in [0, 0.05) is 25.6 Å². The summed E-state index contributed by atoms with van der Waals surface area (Å²) >= 11 is 0. The van der Waals surface area contributed by atoms with E-state index in [1.54, 1.807) is 0 Å². The van der Waals surface area contributed by atoms with Crippen molar-refractivity contribution in [1.82, 2.24) is 15.5 Å². The van der Waals surface area contributed by atoms with Gasteiger partial charge in [-0.2, -0.15) is 0 Å². The SMILES string of the molecule is Cl.O=C(CCN1C(=O)C2C3CCC(O3)C2C1=O)NCC1CCCN1. The second-order valence-electron chi connectivity index (χ2n) is 7.02. The summed E-state index contributed by atoms with van der Waals surface area (Å²) < 4.78 is 5.69. The molecule has 4 saturated heterocycles. The average Bonchev–Trinajstić information content (AvgIpc) is 3.29. The molecule has 0 radical (unpaired) electrons. The Morgan fingerprint density at radius 3 is 2.42 bits per heavy atom. The van der Waals surface area contributed by atoms with Gasteiger partial charge < -0.3 is 15.4 Å². The van der Waals surface area contributed by atoms with Gasteiger partial charge in [0.2, 0.25) is 17.7 Å². The Morgan fingerprint density at radius 2 is 1.83 bits per heavy atom. The van der Waals surface area contributed by atoms with Crippen molar-refractivity contribution in [1.29, 1.82) is 0 Å². The average molecular weight is 358 g/mol. The summed E-state index contributed by atoms with van der Waals surface area (Å²) in [5.41, 5.74) is 0. The molecule has 4 fully saturated rings. The first-order valence-electron chi connectivity index (χ1n) is 8.66. The summed E-state index contributed by atoms with van der Waals surface area (Å²) in [4.78, 5) is 38.1. The Kier molecular flexibility index (Phi) is 5.13. The Bertz CT molecular complexity index is 509. The van der Waals surface area contributed by atoms with Gasteiger partial charge in [-0.3, -0.25) is 19.3 Å². The zero-order chi connectivity index (χ0) is 16.0. The van der Waals surface area contributed by atoms with E-state index in [0.717, 1.165) is 32.2 Å². The van der Waals surface area contributed by atoms with Crippen LogP contribution < -0.4 is 10.6 Å². The van der Waals surface area contributed by atoms with Gasteiger partial charge in [-0.05, 0) is 32.2 Å². The van der Waals surface area contributed by atoms with E-state index in [1.165, 1.54) is 4.90 Å². The maximum absolute atomic E-state index is 12.5. The first kappa shape index (κ1) is 17.6. The highest BCUT2D eigenvalue weighted by Crippen LogP contribution is 2.48. The number of hydrogen-bond donors (Lipinski definition) is 2. The van der Waals surface area contributed by atoms with Crippen LogP contribution in [0.2, 0.25) is 0 Å². The smallest absolute Gasteiger partial charge is 0.235 e. The zero-order valence-corrected chi connectivity index (χ0v) is 14.3. The number of imide groups is 1. The largest absolute Gasteiger partial charge is 0.373 e. The van der Waals surface area contributed by atoms with Crippen LogP contribution in [0.3, 0.4) is 0 Å². The maximum Gasteiger partial charge on any atom is 0.235 e. The molecule has 2 bridgehead atoms. The summed E-state index contributed by atoms with van der Waals surface area (Å²) in [6.07, 6.45) is 3.96. The molecule has 3 amide bonds. The molecule has 2 N–H and O–H groups in total. The molecule has 5 unspecified atom stereocenters. The summed E-state index contributed by atoms with van der Waals surface area (Å²) in [7, 11) is 0. The molecule has 5 atom stereocenters. The van der Waals surface area contributed by atoms with E-state index >= 15 is 0 Å². The molecule has 4 heterocycles. The van der Waals surface area contributed by atoms with E-state index < -0.39 is 0 Å². The first-order valence-corrected chi connectivity index (χ1v) is 8.66. The number of halogens is 1. The molecule has 4 aliphatic heterocycles. The highest BCUT2D eigenvalue weighted by Gasteiger charge is 2.62. The normalized spacial score (nSPS) is 36.8. The lowest BCUT2D eigenvalue weighted by Gasteiger charge is -2.17. The first-order chi connectivity index (χ1) is 11.1. The Labute approximate surface area is 147 Å². The third-order valence-electron chi connectivity index (χ3n) is 5.65. The van der Waals surface area contributed by atoms with Crippen molar-refractivity contribution < 1.29 is 19.1 Å². The van der Waals surface area contributed by atoms with Gasteiger partial charge in [0.25, 0.3) is 0 Å². The molecular formula is C16H24ClN3O4. The van der Waals surface area contributed by atoms with Crippen LogP contribution in [0.15, 0.2) is 0 Å². The third kappa shape index (κ3) is 2.93. The fourth-order valence-corrected chi connectivity index (χ4v) is 4.46. The standard InChI is InChI=1S/C16H23N3O4.ClH/c20-12(18-8-9-2-1-6-17-9)5-7-19-15(21)13-10-3-4-11(23-10)14(13)16(19)22;/h9-11,13-14,17H,1-8H2,(H,18,20);1H. The van der Waals surface area contributed by atoms with Crippen LogP contribution in [0.4, 0.5) is 0 Å². The Morgan fingerprint density at radius 1 is 1.17 bits per heavy atom. The van der Waals surface area contributed by atoms with Crippen molar-refractivity contribution in [2.45, 2.75) is 50.4 Å². The minimum Gasteiger partial charge on any atom is -0.373 e. The van der Waals surface area contributed by atoms with Crippen LogP contribution >= 0.6 is 12.4 Å². The number of nitrogens with one attached hydrogen (secondary N) is 2. The molecule has 0 aromatic carbocycles. The number of amides is 3. The van der Waals surface area contributed by atoms with E-state index in [0.29, 0.717) is 12.6 Å².